The lowest BCUT2D eigenvalue weighted by Crippen LogP contribution is -2.30. The van der Waals surface area contributed by atoms with Crippen molar-refractivity contribution < 1.29 is 4.42 Å². The van der Waals surface area contributed by atoms with Crippen molar-refractivity contribution in [3.63, 3.8) is 0 Å². The Kier molecular flexibility index (Phi) is 4.36. The maximum Gasteiger partial charge on any atom is 0.338 e. The number of rotatable bonds is 4. The highest BCUT2D eigenvalue weighted by Gasteiger charge is 2.16. The van der Waals surface area contributed by atoms with Crippen LogP contribution in [0.3, 0.4) is 0 Å². The second-order valence-electron chi connectivity index (χ2n) is 5.85. The van der Waals surface area contributed by atoms with Crippen molar-refractivity contribution in [2.45, 2.75) is 33.1 Å². The first-order valence-corrected chi connectivity index (χ1v) is 8.30. The van der Waals surface area contributed by atoms with Gasteiger partial charge in [-0.3, -0.25) is 0 Å². The highest BCUT2D eigenvalue weighted by Crippen LogP contribution is 2.30. The van der Waals surface area contributed by atoms with Gasteiger partial charge >= 0.3 is 5.63 Å². The standard InChI is InChI=1S/C18H24N2O2/c1-3-19(4-2)14-8-9-15-16(20-10-6-5-7-11-20)13-18(21)22-17(15)12-14/h8-9,12-13H,3-7,10-11H2,1-2H3. The van der Waals surface area contributed by atoms with E-state index in [0.29, 0.717) is 5.58 Å². The summed E-state index contributed by atoms with van der Waals surface area (Å²) in [5, 5.41) is 1.04. The summed E-state index contributed by atoms with van der Waals surface area (Å²) in [6.07, 6.45) is 3.67. The van der Waals surface area contributed by atoms with Gasteiger partial charge in [-0.25, -0.2) is 4.79 Å². The monoisotopic (exact) mass is 300 g/mol. The van der Waals surface area contributed by atoms with E-state index in [-0.39, 0.29) is 5.63 Å². The first-order valence-electron chi connectivity index (χ1n) is 8.30. The third-order valence-corrected chi connectivity index (χ3v) is 4.53. The lowest BCUT2D eigenvalue weighted by molar-refractivity contribution is 0.552. The molecule has 1 fully saturated rings. The molecule has 4 heteroatoms. The molecule has 3 rings (SSSR count). The van der Waals surface area contributed by atoms with Crippen LogP contribution in [0.1, 0.15) is 33.1 Å². The third kappa shape index (κ3) is 2.82. The maximum atomic E-state index is 12.0. The Balaban J connectivity index is 2.08. The van der Waals surface area contributed by atoms with E-state index in [4.69, 9.17) is 4.42 Å². The molecule has 0 radical (unpaired) electrons. The first kappa shape index (κ1) is 14.9. The van der Waals surface area contributed by atoms with E-state index in [0.717, 1.165) is 42.9 Å². The Bertz CT molecular complexity index is 698. The zero-order valence-corrected chi connectivity index (χ0v) is 13.5. The van der Waals surface area contributed by atoms with Crippen molar-refractivity contribution in [1.29, 1.82) is 0 Å². The molecule has 0 amide bonds. The summed E-state index contributed by atoms with van der Waals surface area (Å²) in [6, 6.07) is 7.86. The molecule has 0 aliphatic carbocycles. The normalized spacial score (nSPS) is 15.3. The molecular formula is C18H24N2O2. The lowest BCUT2D eigenvalue weighted by atomic mass is 10.1. The van der Waals surface area contributed by atoms with Crippen LogP contribution in [0.25, 0.3) is 11.0 Å². The minimum absolute atomic E-state index is 0.259. The van der Waals surface area contributed by atoms with E-state index in [1.54, 1.807) is 6.07 Å². The van der Waals surface area contributed by atoms with Gasteiger partial charge in [0.1, 0.15) is 5.58 Å². The summed E-state index contributed by atoms with van der Waals surface area (Å²) >= 11 is 0. The molecule has 0 spiro atoms. The van der Waals surface area contributed by atoms with E-state index in [1.807, 2.05) is 6.07 Å². The molecule has 1 aromatic carbocycles. The molecule has 0 saturated carbocycles. The Morgan fingerprint density at radius 1 is 1.09 bits per heavy atom. The van der Waals surface area contributed by atoms with Crippen LogP contribution in [0.5, 0.6) is 0 Å². The number of piperidine rings is 1. The predicted octanol–water partition coefficient (Wildman–Crippen LogP) is 3.63. The minimum atomic E-state index is -0.259. The van der Waals surface area contributed by atoms with Crippen molar-refractivity contribution in [3.8, 4) is 0 Å². The number of fused-ring (bicyclic) bond motifs is 1. The van der Waals surface area contributed by atoms with E-state index in [1.165, 1.54) is 19.3 Å². The lowest BCUT2D eigenvalue weighted by Gasteiger charge is -2.29. The summed E-state index contributed by atoms with van der Waals surface area (Å²) < 4.78 is 5.46. The van der Waals surface area contributed by atoms with Gasteiger partial charge in [-0.05, 0) is 45.2 Å². The van der Waals surface area contributed by atoms with E-state index < -0.39 is 0 Å². The summed E-state index contributed by atoms with van der Waals surface area (Å²) in [5.74, 6) is 0. The molecule has 0 unspecified atom stereocenters. The van der Waals surface area contributed by atoms with Gasteiger partial charge in [-0.15, -0.1) is 0 Å². The van der Waals surface area contributed by atoms with Crippen LogP contribution in [0.2, 0.25) is 0 Å². The maximum absolute atomic E-state index is 12.0. The Labute approximate surface area is 131 Å². The zero-order chi connectivity index (χ0) is 15.5. The second-order valence-corrected chi connectivity index (χ2v) is 5.85. The fraction of sp³-hybridized carbons (Fsp3) is 0.500. The van der Waals surface area contributed by atoms with Gasteiger partial charge < -0.3 is 14.2 Å². The molecule has 4 nitrogen and oxygen atoms in total. The highest BCUT2D eigenvalue weighted by molar-refractivity contribution is 5.92. The fourth-order valence-electron chi connectivity index (χ4n) is 3.32. The van der Waals surface area contributed by atoms with E-state index in [9.17, 15) is 4.79 Å². The minimum Gasteiger partial charge on any atom is -0.423 e. The van der Waals surface area contributed by atoms with Crippen LogP contribution in [-0.2, 0) is 0 Å². The van der Waals surface area contributed by atoms with Crippen LogP contribution in [0.15, 0.2) is 33.5 Å². The Hall–Kier alpha value is -1.97. The Morgan fingerprint density at radius 3 is 2.50 bits per heavy atom. The van der Waals surface area contributed by atoms with Crippen molar-refractivity contribution in [2.24, 2.45) is 0 Å². The topological polar surface area (TPSA) is 36.7 Å². The fourth-order valence-corrected chi connectivity index (χ4v) is 3.32. The molecule has 0 N–H and O–H groups in total. The second kappa shape index (κ2) is 6.42. The van der Waals surface area contributed by atoms with Gasteiger partial charge in [0, 0.05) is 49.4 Å². The Morgan fingerprint density at radius 2 is 1.82 bits per heavy atom. The van der Waals surface area contributed by atoms with Gasteiger partial charge in [-0.2, -0.15) is 0 Å². The average molecular weight is 300 g/mol. The molecule has 1 aliphatic heterocycles. The van der Waals surface area contributed by atoms with Crippen LogP contribution in [0.4, 0.5) is 11.4 Å². The van der Waals surface area contributed by atoms with E-state index in [2.05, 4.69) is 35.8 Å². The van der Waals surface area contributed by atoms with Crippen molar-refractivity contribution in [3.05, 3.63) is 34.7 Å². The van der Waals surface area contributed by atoms with Gasteiger partial charge in [0.25, 0.3) is 0 Å². The van der Waals surface area contributed by atoms with Gasteiger partial charge in [0.15, 0.2) is 0 Å². The molecule has 0 bridgehead atoms. The molecule has 0 atom stereocenters. The summed E-state index contributed by atoms with van der Waals surface area (Å²) in [4.78, 5) is 16.5. The van der Waals surface area contributed by atoms with Crippen molar-refractivity contribution in [1.82, 2.24) is 0 Å². The molecular weight excluding hydrogens is 276 g/mol. The molecule has 1 saturated heterocycles. The molecule has 22 heavy (non-hydrogen) atoms. The quantitative estimate of drug-likeness (QED) is 0.808. The average Bonchev–Trinajstić information content (AvgIpc) is 2.55. The summed E-state index contributed by atoms with van der Waals surface area (Å²) in [5.41, 5.74) is 2.57. The van der Waals surface area contributed by atoms with Crippen LogP contribution < -0.4 is 15.4 Å². The number of hydrogen-bond acceptors (Lipinski definition) is 4. The van der Waals surface area contributed by atoms with Crippen molar-refractivity contribution >= 4 is 22.3 Å². The first-order chi connectivity index (χ1) is 10.7. The largest absolute Gasteiger partial charge is 0.423 e. The zero-order valence-electron chi connectivity index (χ0n) is 13.5. The van der Waals surface area contributed by atoms with Gasteiger partial charge in [-0.1, -0.05) is 0 Å². The number of hydrogen-bond donors (Lipinski definition) is 0. The van der Waals surface area contributed by atoms with Gasteiger partial charge in [0.2, 0.25) is 0 Å². The van der Waals surface area contributed by atoms with Crippen LogP contribution in [-0.4, -0.2) is 26.2 Å². The number of anilines is 2. The molecule has 118 valence electrons. The highest BCUT2D eigenvalue weighted by atomic mass is 16.4. The smallest absolute Gasteiger partial charge is 0.338 e. The van der Waals surface area contributed by atoms with E-state index >= 15 is 0 Å². The molecule has 1 aliphatic rings. The van der Waals surface area contributed by atoms with Crippen LogP contribution >= 0.6 is 0 Å². The predicted molar refractivity (Wildman–Crippen MR) is 92.1 cm³/mol. The molecule has 2 aromatic rings. The summed E-state index contributed by atoms with van der Waals surface area (Å²) in [6.45, 7) is 8.20. The number of nitrogens with zero attached hydrogens (tertiary/aromatic N) is 2. The van der Waals surface area contributed by atoms with Gasteiger partial charge in [0.05, 0.1) is 5.69 Å². The molecule has 2 heterocycles. The SMILES string of the molecule is CCN(CC)c1ccc2c(N3CCCCC3)cc(=O)oc2c1. The van der Waals surface area contributed by atoms with Crippen LogP contribution in [0, 0.1) is 0 Å². The third-order valence-electron chi connectivity index (χ3n) is 4.53. The van der Waals surface area contributed by atoms with Crippen molar-refractivity contribution in [2.75, 3.05) is 36.0 Å². The molecule has 1 aromatic heterocycles. The number of benzene rings is 1. The summed E-state index contributed by atoms with van der Waals surface area (Å²) in [7, 11) is 0.